The van der Waals surface area contributed by atoms with Crippen LogP contribution in [0.4, 0.5) is 0 Å². The first kappa shape index (κ1) is 7.55. The van der Waals surface area contributed by atoms with Gasteiger partial charge >= 0.3 is 0 Å². The quantitative estimate of drug-likeness (QED) is 0.629. The van der Waals surface area contributed by atoms with Crippen molar-refractivity contribution in [2.75, 3.05) is 0 Å². The largest absolute Gasteiger partial charge is 0.390 e. The fourth-order valence-electron chi connectivity index (χ4n) is 1.45. The molecule has 3 unspecified atom stereocenters. The van der Waals surface area contributed by atoms with Crippen LogP contribution in [-0.4, -0.2) is 15.5 Å². The molecule has 0 aromatic rings. The SMILES string of the molecule is CC1C(Br)C1C(C)(C)O. The minimum atomic E-state index is -0.492. The lowest BCUT2D eigenvalue weighted by atomic mass is 10.0. The second kappa shape index (κ2) is 1.96. The Morgan fingerprint density at radius 3 is 1.78 bits per heavy atom. The second-order valence-electron chi connectivity index (χ2n) is 3.48. The van der Waals surface area contributed by atoms with Crippen LogP contribution in [-0.2, 0) is 0 Å². The van der Waals surface area contributed by atoms with Crippen LogP contribution < -0.4 is 0 Å². The normalized spacial score (nSPS) is 43.0. The summed E-state index contributed by atoms with van der Waals surface area (Å²) in [6.45, 7) is 5.90. The highest BCUT2D eigenvalue weighted by molar-refractivity contribution is 9.09. The van der Waals surface area contributed by atoms with E-state index in [-0.39, 0.29) is 0 Å². The molecule has 0 aliphatic heterocycles. The predicted molar refractivity (Wildman–Crippen MR) is 41.7 cm³/mol. The summed E-state index contributed by atoms with van der Waals surface area (Å²) in [6, 6.07) is 0. The van der Waals surface area contributed by atoms with Gasteiger partial charge in [-0.2, -0.15) is 0 Å². The van der Waals surface area contributed by atoms with E-state index >= 15 is 0 Å². The van der Waals surface area contributed by atoms with E-state index in [1.807, 2.05) is 13.8 Å². The molecule has 0 saturated heterocycles. The number of hydrogen-bond acceptors (Lipinski definition) is 1. The second-order valence-corrected chi connectivity index (χ2v) is 4.54. The van der Waals surface area contributed by atoms with Crippen LogP contribution in [0.5, 0.6) is 0 Å². The van der Waals surface area contributed by atoms with E-state index in [1.54, 1.807) is 0 Å². The molecule has 2 heteroatoms. The van der Waals surface area contributed by atoms with Gasteiger partial charge in [-0.25, -0.2) is 0 Å². The summed E-state index contributed by atoms with van der Waals surface area (Å²) >= 11 is 3.49. The smallest absolute Gasteiger partial charge is 0.0633 e. The standard InChI is InChI=1S/C7H13BrO/c1-4-5(6(4)8)7(2,3)9/h4-6,9H,1-3H3. The van der Waals surface area contributed by atoms with Crippen molar-refractivity contribution in [3.63, 3.8) is 0 Å². The molecule has 1 nitrogen and oxygen atoms in total. The third-order valence-corrected chi connectivity index (χ3v) is 3.49. The van der Waals surface area contributed by atoms with Gasteiger partial charge < -0.3 is 5.11 Å². The van der Waals surface area contributed by atoms with Crippen LogP contribution >= 0.6 is 15.9 Å². The van der Waals surface area contributed by atoms with Gasteiger partial charge in [0.05, 0.1) is 5.60 Å². The average molecular weight is 193 g/mol. The predicted octanol–water partition coefficient (Wildman–Crippen LogP) is 1.79. The first-order chi connectivity index (χ1) is 3.94. The lowest BCUT2D eigenvalue weighted by Gasteiger charge is -2.15. The van der Waals surface area contributed by atoms with Gasteiger partial charge in [-0.05, 0) is 19.8 Å². The molecule has 3 atom stereocenters. The molecule has 1 rings (SSSR count). The van der Waals surface area contributed by atoms with Gasteiger partial charge in [-0.15, -0.1) is 0 Å². The van der Waals surface area contributed by atoms with Crippen molar-refractivity contribution < 1.29 is 5.11 Å². The Morgan fingerprint density at radius 1 is 1.44 bits per heavy atom. The van der Waals surface area contributed by atoms with Crippen LogP contribution in [0.2, 0.25) is 0 Å². The molecule has 1 saturated carbocycles. The fraction of sp³-hybridized carbons (Fsp3) is 1.00. The van der Waals surface area contributed by atoms with Gasteiger partial charge in [-0.3, -0.25) is 0 Å². The minimum Gasteiger partial charge on any atom is -0.390 e. The fourth-order valence-corrected chi connectivity index (χ4v) is 2.73. The molecule has 1 aliphatic rings. The summed E-state index contributed by atoms with van der Waals surface area (Å²) < 4.78 is 0. The van der Waals surface area contributed by atoms with Crippen molar-refractivity contribution in [2.45, 2.75) is 31.2 Å². The molecule has 0 bridgehead atoms. The van der Waals surface area contributed by atoms with E-state index in [2.05, 4.69) is 22.9 Å². The molecule has 0 radical (unpaired) electrons. The Morgan fingerprint density at radius 2 is 1.78 bits per heavy atom. The molecular formula is C7H13BrO. The van der Waals surface area contributed by atoms with Crippen LogP contribution in [0.3, 0.4) is 0 Å². The molecule has 0 heterocycles. The van der Waals surface area contributed by atoms with Crippen LogP contribution in [0.15, 0.2) is 0 Å². The Kier molecular flexibility index (Phi) is 1.64. The van der Waals surface area contributed by atoms with Crippen molar-refractivity contribution in [1.29, 1.82) is 0 Å². The Labute approximate surface area is 64.6 Å². The zero-order chi connectivity index (χ0) is 7.23. The molecule has 0 amide bonds. The van der Waals surface area contributed by atoms with E-state index in [0.717, 1.165) is 0 Å². The van der Waals surface area contributed by atoms with E-state index in [0.29, 0.717) is 16.7 Å². The topological polar surface area (TPSA) is 20.2 Å². The van der Waals surface area contributed by atoms with Crippen molar-refractivity contribution in [3.05, 3.63) is 0 Å². The summed E-state index contributed by atoms with van der Waals surface area (Å²) in [4.78, 5) is 0.539. The zero-order valence-corrected chi connectivity index (χ0v) is 7.64. The third-order valence-electron chi connectivity index (χ3n) is 2.09. The molecule has 1 fully saturated rings. The Hall–Kier alpha value is 0.440. The summed E-state index contributed by atoms with van der Waals surface area (Å²) in [5, 5.41) is 9.47. The van der Waals surface area contributed by atoms with Crippen LogP contribution in [0.25, 0.3) is 0 Å². The van der Waals surface area contributed by atoms with Gasteiger partial charge in [0.15, 0.2) is 0 Å². The summed E-state index contributed by atoms with van der Waals surface area (Å²) in [5.74, 6) is 1.10. The van der Waals surface area contributed by atoms with E-state index < -0.39 is 5.60 Å². The first-order valence-corrected chi connectivity index (χ1v) is 4.22. The lowest BCUT2D eigenvalue weighted by Crippen LogP contribution is -2.23. The number of hydrogen-bond donors (Lipinski definition) is 1. The highest BCUT2D eigenvalue weighted by Gasteiger charge is 2.52. The van der Waals surface area contributed by atoms with Crippen molar-refractivity contribution in [1.82, 2.24) is 0 Å². The Balaban J connectivity index is 2.50. The molecule has 1 aliphatic carbocycles. The monoisotopic (exact) mass is 192 g/mol. The van der Waals surface area contributed by atoms with Gasteiger partial charge in [0.2, 0.25) is 0 Å². The van der Waals surface area contributed by atoms with Crippen molar-refractivity contribution in [2.24, 2.45) is 11.8 Å². The maximum absolute atomic E-state index is 9.47. The van der Waals surface area contributed by atoms with Crippen molar-refractivity contribution in [3.8, 4) is 0 Å². The Bertz CT molecular complexity index is 109. The molecule has 0 aromatic heterocycles. The number of halogens is 1. The van der Waals surface area contributed by atoms with Gasteiger partial charge in [0, 0.05) is 10.7 Å². The molecular weight excluding hydrogens is 180 g/mol. The van der Waals surface area contributed by atoms with Crippen LogP contribution in [0, 0.1) is 11.8 Å². The molecule has 1 N–H and O–H groups in total. The molecule has 0 spiro atoms. The highest BCUT2D eigenvalue weighted by Crippen LogP contribution is 2.51. The van der Waals surface area contributed by atoms with Gasteiger partial charge in [-0.1, -0.05) is 22.9 Å². The van der Waals surface area contributed by atoms with Gasteiger partial charge in [0.25, 0.3) is 0 Å². The molecule has 9 heavy (non-hydrogen) atoms. The summed E-state index contributed by atoms with van der Waals surface area (Å²) in [7, 11) is 0. The number of alkyl halides is 1. The molecule has 54 valence electrons. The highest BCUT2D eigenvalue weighted by atomic mass is 79.9. The number of rotatable bonds is 1. The van der Waals surface area contributed by atoms with Crippen molar-refractivity contribution >= 4 is 15.9 Å². The average Bonchev–Trinajstić information content (AvgIpc) is 2.11. The van der Waals surface area contributed by atoms with E-state index in [9.17, 15) is 5.11 Å². The summed E-state index contributed by atoms with van der Waals surface area (Å²) in [6.07, 6.45) is 0. The lowest BCUT2D eigenvalue weighted by molar-refractivity contribution is 0.0527. The van der Waals surface area contributed by atoms with Gasteiger partial charge in [0.1, 0.15) is 0 Å². The number of aliphatic hydroxyl groups is 1. The molecule has 0 aromatic carbocycles. The maximum Gasteiger partial charge on any atom is 0.0633 e. The third kappa shape index (κ3) is 1.30. The zero-order valence-electron chi connectivity index (χ0n) is 6.06. The summed E-state index contributed by atoms with van der Waals surface area (Å²) in [5.41, 5.74) is -0.492. The van der Waals surface area contributed by atoms with E-state index in [4.69, 9.17) is 0 Å². The van der Waals surface area contributed by atoms with E-state index in [1.165, 1.54) is 0 Å². The first-order valence-electron chi connectivity index (χ1n) is 3.31. The maximum atomic E-state index is 9.47. The minimum absolute atomic E-state index is 0.456. The van der Waals surface area contributed by atoms with Crippen LogP contribution in [0.1, 0.15) is 20.8 Å².